The summed E-state index contributed by atoms with van der Waals surface area (Å²) >= 11 is 0. The lowest BCUT2D eigenvalue weighted by atomic mass is 10.1. The smallest absolute Gasteiger partial charge is 0.222 e. The minimum Gasteiger partial charge on any atom is -0.340 e. The first-order valence-corrected chi connectivity index (χ1v) is 5.76. The third kappa shape index (κ3) is 4.64. The molecule has 1 amide bonds. The minimum absolute atomic E-state index is 0.266. The van der Waals surface area contributed by atoms with Crippen LogP contribution in [0.3, 0.4) is 0 Å². The van der Waals surface area contributed by atoms with Crippen LogP contribution in [0.1, 0.15) is 52.9 Å². The van der Waals surface area contributed by atoms with Crippen molar-refractivity contribution in [3.05, 3.63) is 6.92 Å². The molecule has 0 aliphatic carbocycles. The third-order valence-corrected chi connectivity index (χ3v) is 2.59. The first-order chi connectivity index (χ1) is 6.67. The molecule has 14 heavy (non-hydrogen) atoms. The standard InChI is InChI=1S/C12H24NO/c1-5-8-10-13(11(4)7-3)12(14)9-6-2/h11H,2,5-10H2,1,3-4H3. The maximum absolute atomic E-state index is 11.7. The van der Waals surface area contributed by atoms with Gasteiger partial charge in [-0.2, -0.15) is 0 Å². The summed E-state index contributed by atoms with van der Waals surface area (Å²) in [6.07, 6.45) is 4.58. The summed E-state index contributed by atoms with van der Waals surface area (Å²) in [5.74, 6) is 0.266. The van der Waals surface area contributed by atoms with Crippen LogP contribution < -0.4 is 0 Å². The van der Waals surface area contributed by atoms with E-state index in [-0.39, 0.29) is 5.91 Å². The van der Waals surface area contributed by atoms with E-state index in [9.17, 15) is 4.79 Å². The van der Waals surface area contributed by atoms with Crippen LogP contribution in [0.25, 0.3) is 0 Å². The molecule has 1 unspecified atom stereocenters. The Labute approximate surface area is 88.7 Å². The molecular formula is C12H24NO. The Kier molecular flexibility index (Phi) is 7.54. The maximum atomic E-state index is 11.7. The Bertz CT molecular complexity index is 156. The topological polar surface area (TPSA) is 20.3 Å². The number of amides is 1. The van der Waals surface area contributed by atoms with Crippen LogP contribution in [0.5, 0.6) is 0 Å². The average Bonchev–Trinajstić information content (AvgIpc) is 2.18. The fourth-order valence-electron chi connectivity index (χ4n) is 1.43. The maximum Gasteiger partial charge on any atom is 0.222 e. The van der Waals surface area contributed by atoms with Gasteiger partial charge in [-0.3, -0.25) is 4.79 Å². The Balaban J connectivity index is 4.15. The molecule has 0 spiro atoms. The van der Waals surface area contributed by atoms with E-state index in [1.165, 1.54) is 0 Å². The highest BCUT2D eigenvalue weighted by Gasteiger charge is 2.16. The third-order valence-electron chi connectivity index (χ3n) is 2.59. The second-order valence-corrected chi connectivity index (χ2v) is 3.80. The molecule has 0 aromatic rings. The van der Waals surface area contributed by atoms with Crippen molar-refractivity contribution >= 4 is 5.91 Å². The predicted molar refractivity (Wildman–Crippen MR) is 61.0 cm³/mol. The normalized spacial score (nSPS) is 12.6. The Morgan fingerprint density at radius 3 is 2.50 bits per heavy atom. The lowest BCUT2D eigenvalue weighted by molar-refractivity contribution is -0.133. The summed E-state index contributed by atoms with van der Waals surface area (Å²) in [7, 11) is 0. The molecule has 0 saturated heterocycles. The van der Waals surface area contributed by atoms with Crippen molar-refractivity contribution < 1.29 is 4.79 Å². The SMILES string of the molecule is [CH2]CCC(=O)N(CCCC)C(C)CC. The van der Waals surface area contributed by atoms with Crippen LogP contribution in [0.4, 0.5) is 0 Å². The number of hydrogen-bond acceptors (Lipinski definition) is 1. The van der Waals surface area contributed by atoms with E-state index in [0.29, 0.717) is 18.9 Å². The molecule has 1 radical (unpaired) electrons. The van der Waals surface area contributed by atoms with Gasteiger partial charge in [0, 0.05) is 19.0 Å². The summed E-state index contributed by atoms with van der Waals surface area (Å²) in [4.78, 5) is 13.7. The lowest BCUT2D eigenvalue weighted by Gasteiger charge is -2.28. The minimum atomic E-state index is 0.266. The van der Waals surface area contributed by atoms with Crippen molar-refractivity contribution in [2.45, 2.75) is 58.9 Å². The van der Waals surface area contributed by atoms with Gasteiger partial charge >= 0.3 is 0 Å². The lowest BCUT2D eigenvalue weighted by Crippen LogP contribution is -2.38. The quantitative estimate of drug-likeness (QED) is 0.615. The number of rotatable bonds is 7. The molecule has 0 saturated carbocycles. The van der Waals surface area contributed by atoms with Crippen LogP contribution in [0, 0.1) is 6.92 Å². The number of nitrogens with zero attached hydrogens (tertiary/aromatic N) is 1. The van der Waals surface area contributed by atoms with E-state index < -0.39 is 0 Å². The zero-order valence-electron chi connectivity index (χ0n) is 9.88. The summed E-state index contributed by atoms with van der Waals surface area (Å²) < 4.78 is 0. The van der Waals surface area contributed by atoms with Crippen molar-refractivity contribution in [3.8, 4) is 0 Å². The first-order valence-electron chi connectivity index (χ1n) is 5.76. The highest BCUT2D eigenvalue weighted by atomic mass is 16.2. The molecule has 2 heteroatoms. The number of unbranched alkanes of at least 4 members (excludes halogenated alkanes) is 1. The van der Waals surface area contributed by atoms with E-state index in [1.54, 1.807) is 0 Å². The van der Waals surface area contributed by atoms with Crippen molar-refractivity contribution in [2.24, 2.45) is 0 Å². The summed E-state index contributed by atoms with van der Waals surface area (Å²) in [5, 5.41) is 0. The molecule has 0 N–H and O–H groups in total. The van der Waals surface area contributed by atoms with Gasteiger partial charge < -0.3 is 4.90 Å². The van der Waals surface area contributed by atoms with E-state index in [4.69, 9.17) is 0 Å². The molecule has 0 heterocycles. The second kappa shape index (κ2) is 7.84. The monoisotopic (exact) mass is 198 g/mol. The van der Waals surface area contributed by atoms with E-state index >= 15 is 0 Å². The molecule has 83 valence electrons. The predicted octanol–water partition coefficient (Wildman–Crippen LogP) is 3.03. The van der Waals surface area contributed by atoms with Crippen LogP contribution in [0.15, 0.2) is 0 Å². The van der Waals surface area contributed by atoms with Crippen LogP contribution in [-0.2, 0) is 4.79 Å². The van der Waals surface area contributed by atoms with Gasteiger partial charge in [0.1, 0.15) is 0 Å². The van der Waals surface area contributed by atoms with Gasteiger partial charge in [0.2, 0.25) is 5.91 Å². The summed E-state index contributed by atoms with van der Waals surface area (Å²) in [6, 6.07) is 0.376. The van der Waals surface area contributed by atoms with E-state index in [0.717, 1.165) is 25.8 Å². The van der Waals surface area contributed by atoms with Gasteiger partial charge in [-0.15, -0.1) is 0 Å². The van der Waals surface area contributed by atoms with Crippen molar-refractivity contribution in [1.82, 2.24) is 4.90 Å². The number of carbonyl (C=O) groups excluding carboxylic acids is 1. The Morgan fingerprint density at radius 1 is 1.43 bits per heavy atom. The number of carbonyl (C=O) groups is 1. The van der Waals surface area contributed by atoms with Crippen LogP contribution >= 0.6 is 0 Å². The summed E-state index contributed by atoms with van der Waals surface area (Å²) in [5.41, 5.74) is 0. The molecule has 0 fully saturated rings. The molecule has 0 aromatic carbocycles. The zero-order valence-corrected chi connectivity index (χ0v) is 9.88. The summed E-state index contributed by atoms with van der Waals surface area (Å²) in [6.45, 7) is 11.0. The Morgan fingerprint density at radius 2 is 2.07 bits per heavy atom. The van der Waals surface area contributed by atoms with E-state index in [2.05, 4.69) is 27.7 Å². The van der Waals surface area contributed by atoms with Gasteiger partial charge in [-0.05, 0) is 26.2 Å². The van der Waals surface area contributed by atoms with Crippen molar-refractivity contribution in [3.63, 3.8) is 0 Å². The fourth-order valence-corrected chi connectivity index (χ4v) is 1.43. The highest BCUT2D eigenvalue weighted by molar-refractivity contribution is 5.76. The molecule has 0 bridgehead atoms. The van der Waals surface area contributed by atoms with Gasteiger partial charge in [0.15, 0.2) is 0 Å². The van der Waals surface area contributed by atoms with Gasteiger partial charge in [-0.25, -0.2) is 0 Å². The molecule has 0 aliphatic rings. The number of hydrogen-bond donors (Lipinski definition) is 0. The van der Waals surface area contributed by atoms with Gasteiger partial charge in [0.05, 0.1) is 0 Å². The van der Waals surface area contributed by atoms with Crippen molar-refractivity contribution in [1.29, 1.82) is 0 Å². The molecular weight excluding hydrogens is 174 g/mol. The Hall–Kier alpha value is -0.530. The largest absolute Gasteiger partial charge is 0.340 e. The van der Waals surface area contributed by atoms with Crippen LogP contribution in [-0.4, -0.2) is 23.4 Å². The average molecular weight is 198 g/mol. The van der Waals surface area contributed by atoms with E-state index in [1.807, 2.05) is 4.90 Å². The second-order valence-electron chi connectivity index (χ2n) is 3.80. The molecule has 0 rings (SSSR count). The fraction of sp³-hybridized carbons (Fsp3) is 0.833. The van der Waals surface area contributed by atoms with Crippen LogP contribution in [0.2, 0.25) is 0 Å². The van der Waals surface area contributed by atoms with Gasteiger partial charge in [0.25, 0.3) is 0 Å². The first kappa shape index (κ1) is 13.5. The highest BCUT2D eigenvalue weighted by Crippen LogP contribution is 2.08. The molecule has 0 aromatic heterocycles. The molecule has 0 aliphatic heterocycles. The molecule has 1 atom stereocenters. The zero-order chi connectivity index (χ0) is 11.0. The van der Waals surface area contributed by atoms with Crippen molar-refractivity contribution in [2.75, 3.05) is 6.54 Å². The van der Waals surface area contributed by atoms with Gasteiger partial charge in [-0.1, -0.05) is 27.2 Å². The molecule has 2 nitrogen and oxygen atoms in total.